The summed E-state index contributed by atoms with van der Waals surface area (Å²) in [6.45, 7) is 0. The van der Waals surface area contributed by atoms with Crippen LogP contribution in [-0.4, -0.2) is 9.78 Å². The summed E-state index contributed by atoms with van der Waals surface area (Å²) < 4.78 is 1.80. The first-order chi connectivity index (χ1) is 7.68. The molecule has 0 radical (unpaired) electrons. The molecule has 16 heavy (non-hydrogen) atoms. The van der Waals surface area contributed by atoms with Crippen molar-refractivity contribution in [2.45, 2.75) is 44.6 Å². The van der Waals surface area contributed by atoms with E-state index in [0.717, 1.165) is 18.0 Å². The topological polar surface area (TPSA) is 43.8 Å². The normalized spacial score (nSPS) is 19.9. The van der Waals surface area contributed by atoms with Gasteiger partial charge in [0.1, 0.15) is 0 Å². The molecule has 1 aliphatic carbocycles. The van der Waals surface area contributed by atoms with E-state index in [-0.39, 0.29) is 6.04 Å². The fourth-order valence-corrected chi connectivity index (χ4v) is 3.04. The van der Waals surface area contributed by atoms with Gasteiger partial charge in [0.05, 0.1) is 16.9 Å². The highest BCUT2D eigenvalue weighted by atomic mass is 35.5. The van der Waals surface area contributed by atoms with E-state index < -0.39 is 0 Å². The molecule has 1 atom stereocenters. The first-order valence-electron chi connectivity index (χ1n) is 6.11. The highest BCUT2D eigenvalue weighted by Gasteiger charge is 2.21. The summed E-state index contributed by atoms with van der Waals surface area (Å²) in [4.78, 5) is 0. The standard InChI is InChI=1S/C12H20ClN3/c1-16-12(10(13)8-15-16)11(14)7-9-5-3-2-4-6-9/h8-9,11H,2-7,14H2,1H3. The third-order valence-electron chi connectivity index (χ3n) is 3.60. The molecule has 2 N–H and O–H groups in total. The molecular formula is C12H20ClN3. The van der Waals surface area contributed by atoms with Gasteiger partial charge in [0, 0.05) is 13.1 Å². The minimum atomic E-state index is 0.0306. The molecule has 4 heteroatoms. The van der Waals surface area contributed by atoms with E-state index in [9.17, 15) is 0 Å². The molecule has 0 amide bonds. The van der Waals surface area contributed by atoms with E-state index in [1.807, 2.05) is 7.05 Å². The van der Waals surface area contributed by atoms with Crippen molar-refractivity contribution in [1.29, 1.82) is 0 Å². The molecular weight excluding hydrogens is 222 g/mol. The number of nitrogens with two attached hydrogens (primary N) is 1. The maximum Gasteiger partial charge on any atom is 0.0833 e. The second-order valence-corrected chi connectivity index (χ2v) is 5.25. The molecule has 1 unspecified atom stereocenters. The average Bonchev–Trinajstić information content (AvgIpc) is 2.60. The Morgan fingerprint density at radius 3 is 2.75 bits per heavy atom. The Balaban J connectivity index is 1.99. The van der Waals surface area contributed by atoms with Gasteiger partial charge in [-0.1, -0.05) is 43.7 Å². The van der Waals surface area contributed by atoms with Crippen molar-refractivity contribution in [3.63, 3.8) is 0 Å². The van der Waals surface area contributed by atoms with Crippen LogP contribution in [0.1, 0.15) is 50.3 Å². The zero-order valence-corrected chi connectivity index (χ0v) is 10.6. The zero-order valence-electron chi connectivity index (χ0n) is 9.82. The molecule has 0 bridgehead atoms. The Bertz CT molecular complexity index is 323. The predicted octanol–water partition coefficient (Wildman–Crippen LogP) is 3.04. The number of nitrogens with zero attached hydrogens (tertiary/aromatic N) is 2. The third-order valence-corrected chi connectivity index (χ3v) is 3.89. The van der Waals surface area contributed by atoms with Crippen molar-refractivity contribution >= 4 is 11.6 Å². The Hall–Kier alpha value is -0.540. The molecule has 1 saturated carbocycles. The molecule has 1 heterocycles. The third kappa shape index (κ3) is 2.58. The van der Waals surface area contributed by atoms with Gasteiger partial charge < -0.3 is 5.73 Å². The van der Waals surface area contributed by atoms with Crippen molar-refractivity contribution in [2.75, 3.05) is 0 Å². The molecule has 1 aliphatic rings. The average molecular weight is 242 g/mol. The summed E-state index contributed by atoms with van der Waals surface area (Å²) in [5, 5.41) is 4.83. The molecule has 0 spiro atoms. The van der Waals surface area contributed by atoms with Crippen molar-refractivity contribution in [1.82, 2.24) is 9.78 Å². The minimum absolute atomic E-state index is 0.0306. The second-order valence-electron chi connectivity index (χ2n) is 4.85. The van der Waals surface area contributed by atoms with Crippen LogP contribution in [0.5, 0.6) is 0 Å². The van der Waals surface area contributed by atoms with Crippen LogP contribution in [0, 0.1) is 5.92 Å². The molecule has 1 aromatic rings. The van der Waals surface area contributed by atoms with Gasteiger partial charge in [-0.05, 0) is 12.3 Å². The maximum atomic E-state index is 6.23. The Kier molecular flexibility index (Phi) is 3.87. The largest absolute Gasteiger partial charge is 0.323 e. The fraction of sp³-hybridized carbons (Fsp3) is 0.750. The summed E-state index contributed by atoms with van der Waals surface area (Å²) in [5.41, 5.74) is 7.21. The van der Waals surface area contributed by atoms with Crippen molar-refractivity contribution in [2.24, 2.45) is 18.7 Å². The lowest BCUT2D eigenvalue weighted by atomic mass is 9.84. The fourth-order valence-electron chi connectivity index (χ4n) is 2.73. The van der Waals surface area contributed by atoms with Crippen LogP contribution < -0.4 is 5.73 Å². The molecule has 1 aromatic heterocycles. The lowest BCUT2D eigenvalue weighted by molar-refractivity contribution is 0.315. The van der Waals surface area contributed by atoms with Crippen molar-refractivity contribution in [3.8, 4) is 0 Å². The minimum Gasteiger partial charge on any atom is -0.323 e. The van der Waals surface area contributed by atoms with Gasteiger partial charge in [0.2, 0.25) is 0 Å². The Morgan fingerprint density at radius 1 is 1.50 bits per heavy atom. The first kappa shape index (κ1) is 11.9. The maximum absolute atomic E-state index is 6.23. The molecule has 2 rings (SSSR count). The molecule has 1 fully saturated rings. The number of hydrogen-bond acceptors (Lipinski definition) is 2. The number of aryl methyl sites for hydroxylation is 1. The van der Waals surface area contributed by atoms with Gasteiger partial charge in [-0.2, -0.15) is 5.10 Å². The van der Waals surface area contributed by atoms with Crippen LogP contribution in [-0.2, 0) is 7.05 Å². The predicted molar refractivity (Wildman–Crippen MR) is 66.3 cm³/mol. The van der Waals surface area contributed by atoms with Crippen molar-refractivity contribution in [3.05, 3.63) is 16.9 Å². The monoisotopic (exact) mass is 241 g/mol. The Labute approximate surface area is 102 Å². The summed E-state index contributed by atoms with van der Waals surface area (Å²) in [7, 11) is 1.90. The summed E-state index contributed by atoms with van der Waals surface area (Å²) in [6, 6.07) is 0.0306. The van der Waals surface area contributed by atoms with E-state index in [1.54, 1.807) is 10.9 Å². The summed E-state index contributed by atoms with van der Waals surface area (Å²) >= 11 is 6.09. The van der Waals surface area contributed by atoms with Gasteiger partial charge in [-0.3, -0.25) is 4.68 Å². The van der Waals surface area contributed by atoms with E-state index in [2.05, 4.69) is 5.10 Å². The quantitative estimate of drug-likeness (QED) is 0.884. The van der Waals surface area contributed by atoms with E-state index >= 15 is 0 Å². The molecule has 0 aromatic carbocycles. The highest BCUT2D eigenvalue weighted by molar-refractivity contribution is 6.31. The van der Waals surface area contributed by atoms with Crippen molar-refractivity contribution < 1.29 is 0 Å². The number of hydrogen-bond donors (Lipinski definition) is 1. The van der Waals surface area contributed by atoms with Gasteiger partial charge in [0.15, 0.2) is 0 Å². The van der Waals surface area contributed by atoms with E-state index in [0.29, 0.717) is 5.02 Å². The van der Waals surface area contributed by atoms with Crippen LogP contribution in [0.3, 0.4) is 0 Å². The highest BCUT2D eigenvalue weighted by Crippen LogP contribution is 2.32. The summed E-state index contributed by atoms with van der Waals surface area (Å²) in [6.07, 6.45) is 9.47. The van der Waals surface area contributed by atoms with Crippen LogP contribution >= 0.6 is 11.6 Å². The smallest absolute Gasteiger partial charge is 0.0833 e. The van der Waals surface area contributed by atoms with Crippen LogP contribution in [0.4, 0.5) is 0 Å². The van der Waals surface area contributed by atoms with Gasteiger partial charge >= 0.3 is 0 Å². The molecule has 90 valence electrons. The van der Waals surface area contributed by atoms with Crippen LogP contribution in [0.2, 0.25) is 5.02 Å². The number of rotatable bonds is 3. The van der Waals surface area contributed by atoms with Crippen LogP contribution in [0.25, 0.3) is 0 Å². The van der Waals surface area contributed by atoms with Gasteiger partial charge in [-0.25, -0.2) is 0 Å². The summed E-state index contributed by atoms with van der Waals surface area (Å²) in [5.74, 6) is 0.773. The molecule has 0 aliphatic heterocycles. The number of halogens is 1. The molecule has 3 nitrogen and oxygen atoms in total. The SMILES string of the molecule is Cn1ncc(Cl)c1C(N)CC1CCCCC1. The first-order valence-corrected chi connectivity index (χ1v) is 6.49. The zero-order chi connectivity index (χ0) is 11.5. The lowest BCUT2D eigenvalue weighted by Crippen LogP contribution is -2.20. The lowest BCUT2D eigenvalue weighted by Gasteiger charge is -2.24. The van der Waals surface area contributed by atoms with E-state index in [4.69, 9.17) is 17.3 Å². The Morgan fingerprint density at radius 2 is 2.19 bits per heavy atom. The molecule has 0 saturated heterocycles. The van der Waals surface area contributed by atoms with Crippen LogP contribution in [0.15, 0.2) is 6.20 Å². The van der Waals surface area contributed by atoms with Gasteiger partial charge in [0.25, 0.3) is 0 Å². The number of aromatic nitrogens is 2. The second kappa shape index (κ2) is 5.19. The van der Waals surface area contributed by atoms with E-state index in [1.165, 1.54) is 32.1 Å². The van der Waals surface area contributed by atoms with Gasteiger partial charge in [-0.15, -0.1) is 0 Å².